The van der Waals surface area contributed by atoms with E-state index >= 15 is 8.78 Å². The van der Waals surface area contributed by atoms with Crippen molar-refractivity contribution in [2.75, 3.05) is 12.4 Å². The fraction of sp³-hybridized carbons (Fsp3) is 0.290. The number of rotatable bonds is 8. The molecule has 1 heterocycles. The van der Waals surface area contributed by atoms with Crippen LogP contribution in [0.15, 0.2) is 66.0 Å². The van der Waals surface area contributed by atoms with Crippen molar-refractivity contribution in [1.29, 1.82) is 0 Å². The zero-order valence-electron chi connectivity index (χ0n) is 24.0. The van der Waals surface area contributed by atoms with Gasteiger partial charge in [-0.25, -0.2) is 22.9 Å². The second-order valence-electron chi connectivity index (χ2n) is 11.0. The minimum absolute atomic E-state index is 0.0664. The first-order valence-electron chi connectivity index (χ1n) is 13.0. The molecule has 4 aromatic rings. The van der Waals surface area contributed by atoms with Gasteiger partial charge in [0, 0.05) is 28.1 Å². The molecule has 0 fully saturated rings. The van der Waals surface area contributed by atoms with E-state index in [0.717, 1.165) is 35.2 Å². The molecule has 0 saturated carbocycles. The maximum absolute atomic E-state index is 15.1. The molecule has 0 aliphatic heterocycles. The number of nitrogens with zero attached hydrogens (tertiary/aromatic N) is 2. The highest BCUT2D eigenvalue weighted by molar-refractivity contribution is 7.98. The lowest BCUT2D eigenvalue weighted by molar-refractivity contribution is 0.0636. The smallest absolute Gasteiger partial charge is 0.412 e. The number of hydrogen-bond acceptors (Lipinski definition) is 5. The number of aromatic nitrogens is 2. The number of amides is 1. The van der Waals surface area contributed by atoms with Gasteiger partial charge in [-0.05, 0) is 74.9 Å². The molecular formula is C31H31ClF3N3O3S. The average molecular weight is 618 g/mol. The summed E-state index contributed by atoms with van der Waals surface area (Å²) < 4.78 is 56.3. The van der Waals surface area contributed by atoms with E-state index in [0.29, 0.717) is 21.6 Å². The van der Waals surface area contributed by atoms with Crippen LogP contribution in [0.2, 0.25) is 5.02 Å². The summed E-state index contributed by atoms with van der Waals surface area (Å²) in [4.78, 5) is 16.6. The number of carbonyl (C=O) groups is 1. The van der Waals surface area contributed by atoms with Gasteiger partial charge < -0.3 is 9.47 Å². The monoisotopic (exact) mass is 617 g/mol. The Kier molecular flexibility index (Phi) is 9.18. The third kappa shape index (κ3) is 7.04. The predicted octanol–water partition coefficient (Wildman–Crippen LogP) is 8.92. The zero-order valence-corrected chi connectivity index (χ0v) is 25.6. The fourth-order valence-electron chi connectivity index (χ4n) is 4.28. The Bertz CT molecular complexity index is 1580. The Morgan fingerprint density at radius 2 is 1.64 bits per heavy atom. The zero-order chi connectivity index (χ0) is 30.8. The second kappa shape index (κ2) is 12.3. The third-order valence-corrected chi connectivity index (χ3v) is 7.75. The Balaban J connectivity index is 1.67. The number of imidazole rings is 1. The molecule has 42 heavy (non-hydrogen) atoms. The molecule has 0 bridgehead atoms. The highest BCUT2D eigenvalue weighted by Crippen LogP contribution is 2.39. The molecule has 11 heteroatoms. The second-order valence-corrected chi connectivity index (χ2v) is 12.4. The van der Waals surface area contributed by atoms with Crippen LogP contribution in [-0.4, -0.2) is 28.4 Å². The molecule has 222 valence electrons. The van der Waals surface area contributed by atoms with Crippen molar-refractivity contribution in [1.82, 2.24) is 9.55 Å². The van der Waals surface area contributed by atoms with Gasteiger partial charge in [0.05, 0.1) is 24.0 Å². The van der Waals surface area contributed by atoms with Gasteiger partial charge in [-0.3, -0.25) is 9.88 Å². The third-order valence-electron chi connectivity index (χ3n) is 6.46. The van der Waals surface area contributed by atoms with Crippen LogP contribution in [0.25, 0.3) is 5.69 Å². The van der Waals surface area contributed by atoms with E-state index in [1.165, 1.54) is 19.2 Å². The van der Waals surface area contributed by atoms with Crippen molar-refractivity contribution < 1.29 is 27.4 Å². The minimum atomic E-state index is -0.831. The number of ether oxygens (including phenoxy) is 2. The number of nitrogens with one attached hydrogen (secondary N) is 1. The summed E-state index contributed by atoms with van der Waals surface area (Å²) in [7, 11) is 1.54. The van der Waals surface area contributed by atoms with Gasteiger partial charge in [0.15, 0.2) is 5.16 Å². The Morgan fingerprint density at radius 3 is 2.24 bits per heavy atom. The van der Waals surface area contributed by atoms with Gasteiger partial charge in [0.1, 0.15) is 28.8 Å². The quantitative estimate of drug-likeness (QED) is 0.200. The number of anilines is 1. The lowest BCUT2D eigenvalue weighted by Gasteiger charge is -2.28. The van der Waals surface area contributed by atoms with E-state index in [1.54, 1.807) is 45.2 Å². The number of hydrogen-bond donors (Lipinski definition) is 1. The van der Waals surface area contributed by atoms with Crippen molar-refractivity contribution in [2.45, 2.75) is 56.5 Å². The molecule has 0 spiro atoms. The van der Waals surface area contributed by atoms with Crippen molar-refractivity contribution in [3.63, 3.8) is 0 Å². The highest BCUT2D eigenvalue weighted by Gasteiger charge is 2.30. The molecule has 0 radical (unpaired) electrons. The van der Waals surface area contributed by atoms with E-state index in [9.17, 15) is 9.18 Å². The Labute approximate surface area is 252 Å². The van der Waals surface area contributed by atoms with Crippen molar-refractivity contribution >= 4 is 35.1 Å². The van der Waals surface area contributed by atoms with E-state index in [1.807, 2.05) is 30.5 Å². The van der Waals surface area contributed by atoms with Crippen molar-refractivity contribution in [3.05, 3.63) is 100 Å². The standard InChI is InChI=1S/C31H31ClF3N3O3S/c1-30(2,3)41-29(39)37-20-14-24(34)22(25(35)15-20)17-42-28-36-16-27(38(28)21-10-8-19(33)9-11-21)31(4,5)18-7-12-23(32)26(13-18)40-6/h7-16H,17H2,1-6H3,(H,37,39). The molecular weight excluding hydrogens is 587 g/mol. The lowest BCUT2D eigenvalue weighted by atomic mass is 9.81. The van der Waals surface area contributed by atoms with E-state index in [2.05, 4.69) is 10.3 Å². The van der Waals surface area contributed by atoms with Crippen LogP contribution >= 0.6 is 23.4 Å². The number of thioether (sulfide) groups is 1. The van der Waals surface area contributed by atoms with Crippen LogP contribution < -0.4 is 10.1 Å². The number of halogens is 4. The van der Waals surface area contributed by atoms with Gasteiger partial charge in [0.2, 0.25) is 0 Å². The van der Waals surface area contributed by atoms with Crippen LogP contribution in [-0.2, 0) is 15.9 Å². The number of carbonyl (C=O) groups excluding carboxylic acids is 1. The van der Waals surface area contributed by atoms with Crippen LogP contribution in [0.1, 0.15) is 51.4 Å². The molecule has 0 aliphatic carbocycles. The Morgan fingerprint density at radius 1 is 1.00 bits per heavy atom. The normalized spacial score (nSPS) is 11.9. The van der Waals surface area contributed by atoms with Crippen LogP contribution in [0.5, 0.6) is 5.75 Å². The van der Waals surface area contributed by atoms with Gasteiger partial charge in [-0.15, -0.1) is 0 Å². The first-order valence-corrected chi connectivity index (χ1v) is 14.3. The molecule has 0 unspecified atom stereocenters. The molecule has 1 aromatic heterocycles. The SMILES string of the molecule is COc1cc(C(C)(C)c2cnc(SCc3c(F)cc(NC(=O)OC(C)(C)C)cc3F)n2-c2ccc(F)cc2)ccc1Cl. The van der Waals surface area contributed by atoms with Gasteiger partial charge in [-0.1, -0.05) is 43.3 Å². The summed E-state index contributed by atoms with van der Waals surface area (Å²) in [6.07, 6.45) is 0.867. The van der Waals surface area contributed by atoms with Crippen LogP contribution in [0.4, 0.5) is 23.7 Å². The maximum Gasteiger partial charge on any atom is 0.412 e. The fourth-order valence-corrected chi connectivity index (χ4v) is 5.49. The molecule has 3 aromatic carbocycles. The maximum atomic E-state index is 15.1. The van der Waals surface area contributed by atoms with E-state index in [-0.39, 0.29) is 17.0 Å². The van der Waals surface area contributed by atoms with Crippen LogP contribution in [0, 0.1) is 17.5 Å². The summed E-state index contributed by atoms with van der Waals surface area (Å²) in [5, 5.41) is 3.27. The van der Waals surface area contributed by atoms with Crippen molar-refractivity contribution in [2.24, 2.45) is 0 Å². The first-order chi connectivity index (χ1) is 19.7. The lowest BCUT2D eigenvalue weighted by Crippen LogP contribution is -2.27. The largest absolute Gasteiger partial charge is 0.495 e. The Hall–Kier alpha value is -3.63. The summed E-state index contributed by atoms with van der Waals surface area (Å²) in [5.74, 6) is -1.65. The number of benzene rings is 3. The predicted molar refractivity (Wildman–Crippen MR) is 159 cm³/mol. The highest BCUT2D eigenvalue weighted by atomic mass is 35.5. The van der Waals surface area contributed by atoms with E-state index in [4.69, 9.17) is 21.1 Å². The van der Waals surface area contributed by atoms with Crippen molar-refractivity contribution in [3.8, 4) is 11.4 Å². The summed E-state index contributed by atoms with van der Waals surface area (Å²) in [5.41, 5.74) is 0.599. The molecule has 0 saturated heterocycles. The average Bonchev–Trinajstić information content (AvgIpc) is 3.32. The van der Waals surface area contributed by atoms with Gasteiger partial charge >= 0.3 is 6.09 Å². The summed E-state index contributed by atoms with van der Waals surface area (Å²) in [6, 6.07) is 13.5. The number of methoxy groups -OCH3 is 1. The van der Waals surface area contributed by atoms with Gasteiger partial charge in [-0.2, -0.15) is 0 Å². The molecule has 1 amide bonds. The van der Waals surface area contributed by atoms with E-state index < -0.39 is 34.6 Å². The molecule has 0 atom stereocenters. The molecule has 0 aliphatic rings. The topological polar surface area (TPSA) is 65.4 Å². The minimum Gasteiger partial charge on any atom is -0.495 e. The van der Waals surface area contributed by atoms with Crippen LogP contribution in [0.3, 0.4) is 0 Å². The molecule has 6 nitrogen and oxygen atoms in total. The molecule has 4 rings (SSSR count). The molecule has 1 N–H and O–H groups in total. The van der Waals surface area contributed by atoms with Gasteiger partial charge in [0.25, 0.3) is 0 Å². The summed E-state index contributed by atoms with van der Waals surface area (Å²) in [6.45, 7) is 9.04. The first kappa shape index (κ1) is 31.3. The summed E-state index contributed by atoms with van der Waals surface area (Å²) >= 11 is 7.37.